The normalized spacial score (nSPS) is 16.7. The van der Waals surface area contributed by atoms with Crippen molar-refractivity contribution in [1.82, 2.24) is 5.01 Å². The van der Waals surface area contributed by atoms with Gasteiger partial charge < -0.3 is 9.47 Å². The van der Waals surface area contributed by atoms with Gasteiger partial charge in [0.1, 0.15) is 5.75 Å². The second-order valence-corrected chi connectivity index (χ2v) is 3.58. The largest absolute Gasteiger partial charge is 0.497 e. The van der Waals surface area contributed by atoms with Gasteiger partial charge in [0.2, 0.25) is 0 Å². The minimum Gasteiger partial charge on any atom is -0.497 e. The number of methoxy groups -OCH3 is 1. The first kappa shape index (κ1) is 11.0. The van der Waals surface area contributed by atoms with E-state index in [4.69, 9.17) is 9.47 Å². The molecule has 0 bridgehead atoms. The van der Waals surface area contributed by atoms with Crippen LogP contribution in [0.1, 0.15) is 5.56 Å². The van der Waals surface area contributed by atoms with E-state index in [9.17, 15) is 0 Å². The molecule has 0 atom stereocenters. The van der Waals surface area contributed by atoms with Gasteiger partial charge in [0, 0.05) is 0 Å². The fourth-order valence-electron chi connectivity index (χ4n) is 1.51. The number of hydrazone groups is 1. The Morgan fingerprint density at radius 3 is 2.56 bits per heavy atom. The van der Waals surface area contributed by atoms with E-state index in [1.54, 1.807) is 7.11 Å². The quantitative estimate of drug-likeness (QED) is 0.721. The first-order valence-corrected chi connectivity index (χ1v) is 5.39. The van der Waals surface area contributed by atoms with Crippen LogP contribution < -0.4 is 4.74 Å². The molecule has 16 heavy (non-hydrogen) atoms. The van der Waals surface area contributed by atoms with Crippen LogP contribution in [0.3, 0.4) is 0 Å². The Kier molecular flexibility index (Phi) is 3.77. The van der Waals surface area contributed by atoms with Gasteiger partial charge in [-0.05, 0) is 29.8 Å². The highest BCUT2D eigenvalue weighted by molar-refractivity contribution is 5.79. The lowest BCUT2D eigenvalue weighted by molar-refractivity contribution is 0.0397. The molecular formula is C12H16N2O2. The van der Waals surface area contributed by atoms with E-state index < -0.39 is 0 Å². The maximum Gasteiger partial charge on any atom is 0.118 e. The highest BCUT2D eigenvalue weighted by Gasteiger charge is 2.05. The Balaban J connectivity index is 1.94. The van der Waals surface area contributed by atoms with Crippen LogP contribution in [0.25, 0.3) is 0 Å². The third-order valence-corrected chi connectivity index (χ3v) is 2.47. The maximum absolute atomic E-state index is 5.25. The van der Waals surface area contributed by atoms with Crippen LogP contribution in [0.4, 0.5) is 0 Å². The van der Waals surface area contributed by atoms with Crippen LogP contribution >= 0.6 is 0 Å². The van der Waals surface area contributed by atoms with Gasteiger partial charge in [0.05, 0.1) is 39.6 Å². The minimum absolute atomic E-state index is 0.764. The first-order valence-electron chi connectivity index (χ1n) is 5.39. The molecule has 0 aromatic heterocycles. The third-order valence-electron chi connectivity index (χ3n) is 2.47. The van der Waals surface area contributed by atoms with Crippen LogP contribution in [0.5, 0.6) is 5.75 Å². The summed E-state index contributed by atoms with van der Waals surface area (Å²) < 4.78 is 10.3. The van der Waals surface area contributed by atoms with Crippen LogP contribution in [-0.2, 0) is 4.74 Å². The van der Waals surface area contributed by atoms with Gasteiger partial charge in [-0.3, -0.25) is 5.01 Å². The van der Waals surface area contributed by atoms with E-state index >= 15 is 0 Å². The average molecular weight is 220 g/mol. The van der Waals surface area contributed by atoms with Crippen molar-refractivity contribution in [3.8, 4) is 5.75 Å². The summed E-state index contributed by atoms with van der Waals surface area (Å²) in [5.41, 5.74) is 1.08. The monoisotopic (exact) mass is 220 g/mol. The Hall–Kier alpha value is -1.55. The molecule has 1 aromatic rings. The van der Waals surface area contributed by atoms with Gasteiger partial charge in [-0.2, -0.15) is 5.10 Å². The molecule has 0 saturated carbocycles. The second kappa shape index (κ2) is 5.51. The Morgan fingerprint density at radius 1 is 1.25 bits per heavy atom. The van der Waals surface area contributed by atoms with E-state index in [1.165, 1.54) is 0 Å². The summed E-state index contributed by atoms with van der Waals surface area (Å²) in [5, 5.41) is 6.42. The predicted molar refractivity (Wildman–Crippen MR) is 63.0 cm³/mol. The van der Waals surface area contributed by atoms with Gasteiger partial charge in [-0.25, -0.2) is 0 Å². The Labute approximate surface area is 95.5 Å². The summed E-state index contributed by atoms with van der Waals surface area (Å²) in [5.74, 6) is 0.864. The molecule has 0 spiro atoms. The molecule has 1 saturated heterocycles. The number of nitrogens with zero attached hydrogens (tertiary/aromatic N) is 2. The molecule has 0 N–H and O–H groups in total. The molecule has 86 valence electrons. The zero-order valence-electron chi connectivity index (χ0n) is 9.43. The van der Waals surface area contributed by atoms with Gasteiger partial charge in [0.25, 0.3) is 0 Å². The van der Waals surface area contributed by atoms with Crippen molar-refractivity contribution in [1.29, 1.82) is 0 Å². The number of rotatable bonds is 3. The zero-order chi connectivity index (χ0) is 11.2. The first-order chi connectivity index (χ1) is 7.88. The molecule has 1 aliphatic heterocycles. The second-order valence-electron chi connectivity index (χ2n) is 3.58. The molecule has 1 fully saturated rings. The lowest BCUT2D eigenvalue weighted by atomic mass is 10.2. The number of hydrogen-bond donors (Lipinski definition) is 0. The molecule has 0 radical (unpaired) electrons. The van der Waals surface area contributed by atoms with Crippen molar-refractivity contribution in [3.63, 3.8) is 0 Å². The average Bonchev–Trinajstić information content (AvgIpc) is 2.38. The van der Waals surface area contributed by atoms with Crippen LogP contribution in [0.2, 0.25) is 0 Å². The van der Waals surface area contributed by atoms with Crippen LogP contribution in [-0.4, -0.2) is 44.6 Å². The molecule has 0 aliphatic carbocycles. The van der Waals surface area contributed by atoms with E-state index in [2.05, 4.69) is 5.10 Å². The number of morpholine rings is 1. The SMILES string of the molecule is COc1ccc(/C=N/N2CCOCC2)cc1. The van der Waals surface area contributed by atoms with Gasteiger partial charge in [-0.1, -0.05) is 0 Å². The highest BCUT2D eigenvalue weighted by Crippen LogP contribution is 2.10. The van der Waals surface area contributed by atoms with Gasteiger partial charge >= 0.3 is 0 Å². The van der Waals surface area contributed by atoms with Crippen LogP contribution in [0, 0.1) is 0 Å². The molecule has 1 aromatic carbocycles. The number of benzene rings is 1. The summed E-state index contributed by atoms with van der Waals surface area (Å²) in [6, 6.07) is 7.84. The van der Waals surface area contributed by atoms with Crippen molar-refractivity contribution >= 4 is 6.21 Å². The lowest BCUT2D eigenvalue weighted by Crippen LogP contribution is -2.32. The van der Waals surface area contributed by atoms with Crippen LogP contribution in [0.15, 0.2) is 29.4 Å². The minimum atomic E-state index is 0.764. The lowest BCUT2D eigenvalue weighted by Gasteiger charge is -2.23. The van der Waals surface area contributed by atoms with Crippen molar-refractivity contribution < 1.29 is 9.47 Å². The fourth-order valence-corrected chi connectivity index (χ4v) is 1.51. The summed E-state index contributed by atoms with van der Waals surface area (Å²) in [6.07, 6.45) is 1.87. The summed E-state index contributed by atoms with van der Waals surface area (Å²) >= 11 is 0. The van der Waals surface area contributed by atoms with E-state index in [1.807, 2.05) is 35.5 Å². The molecule has 2 rings (SSSR count). The molecule has 4 nitrogen and oxygen atoms in total. The predicted octanol–water partition coefficient (Wildman–Crippen LogP) is 1.36. The summed E-state index contributed by atoms with van der Waals surface area (Å²) in [6.45, 7) is 3.26. The smallest absolute Gasteiger partial charge is 0.118 e. The van der Waals surface area contributed by atoms with Crippen molar-refractivity contribution in [2.24, 2.45) is 5.10 Å². The van der Waals surface area contributed by atoms with Crippen molar-refractivity contribution in [3.05, 3.63) is 29.8 Å². The van der Waals surface area contributed by atoms with Crippen molar-refractivity contribution in [2.45, 2.75) is 0 Å². The zero-order valence-corrected chi connectivity index (χ0v) is 9.43. The van der Waals surface area contributed by atoms with E-state index in [0.29, 0.717) is 0 Å². The van der Waals surface area contributed by atoms with E-state index in [-0.39, 0.29) is 0 Å². The molecule has 0 unspecified atom stereocenters. The number of hydrogen-bond acceptors (Lipinski definition) is 4. The summed E-state index contributed by atoms with van der Waals surface area (Å²) in [7, 11) is 1.66. The highest BCUT2D eigenvalue weighted by atomic mass is 16.5. The standard InChI is InChI=1S/C12H16N2O2/c1-15-12-4-2-11(3-5-12)10-13-14-6-8-16-9-7-14/h2-5,10H,6-9H2,1H3/b13-10+. The van der Waals surface area contributed by atoms with Gasteiger partial charge in [-0.15, -0.1) is 0 Å². The summed E-state index contributed by atoms with van der Waals surface area (Å²) in [4.78, 5) is 0. The molecule has 4 heteroatoms. The fraction of sp³-hybridized carbons (Fsp3) is 0.417. The molecule has 0 amide bonds. The van der Waals surface area contributed by atoms with E-state index in [0.717, 1.165) is 37.6 Å². The molecular weight excluding hydrogens is 204 g/mol. The van der Waals surface area contributed by atoms with Gasteiger partial charge in [0.15, 0.2) is 0 Å². The third kappa shape index (κ3) is 2.97. The molecule has 1 heterocycles. The molecule has 1 aliphatic rings. The maximum atomic E-state index is 5.25. The Morgan fingerprint density at radius 2 is 1.94 bits per heavy atom. The van der Waals surface area contributed by atoms with Crippen molar-refractivity contribution in [2.75, 3.05) is 33.4 Å². The number of ether oxygens (including phenoxy) is 2. The topological polar surface area (TPSA) is 34.1 Å². The Bertz CT molecular complexity index is 343.